The van der Waals surface area contributed by atoms with Gasteiger partial charge in [-0.2, -0.15) is 13.2 Å². The lowest BCUT2D eigenvalue weighted by molar-refractivity contribution is -0.137. The van der Waals surface area contributed by atoms with Gasteiger partial charge in [-0.15, -0.1) is 0 Å². The molecule has 0 heterocycles. The fourth-order valence-electron chi connectivity index (χ4n) is 3.45. The van der Waals surface area contributed by atoms with Crippen molar-refractivity contribution in [3.8, 4) is 0 Å². The van der Waals surface area contributed by atoms with Gasteiger partial charge in [-0.3, -0.25) is 4.79 Å². The molecule has 0 saturated heterocycles. The fourth-order valence-corrected chi connectivity index (χ4v) is 3.68. The monoisotopic (exact) mass is 367 g/mol. The number of benzene rings is 2. The van der Waals surface area contributed by atoms with Gasteiger partial charge in [0, 0.05) is 5.69 Å². The second-order valence-corrected chi connectivity index (χ2v) is 6.71. The molecular weight excluding hydrogens is 351 g/mol. The molecule has 0 bridgehead atoms. The van der Waals surface area contributed by atoms with E-state index in [2.05, 4.69) is 5.32 Å². The van der Waals surface area contributed by atoms with Crippen LogP contribution in [-0.4, -0.2) is 5.91 Å². The van der Waals surface area contributed by atoms with Crippen LogP contribution in [0.25, 0.3) is 0 Å². The highest BCUT2D eigenvalue weighted by atomic mass is 35.5. The average Bonchev–Trinajstić information content (AvgIpc) is 3.07. The van der Waals surface area contributed by atoms with Crippen LogP contribution in [0.4, 0.5) is 18.9 Å². The van der Waals surface area contributed by atoms with Gasteiger partial charge < -0.3 is 5.32 Å². The Kier molecular flexibility index (Phi) is 4.78. The van der Waals surface area contributed by atoms with Crippen LogP contribution in [0.5, 0.6) is 0 Å². The van der Waals surface area contributed by atoms with Crippen molar-refractivity contribution >= 4 is 23.2 Å². The van der Waals surface area contributed by atoms with E-state index in [1.807, 2.05) is 30.3 Å². The maximum absolute atomic E-state index is 13.0. The maximum atomic E-state index is 13.0. The van der Waals surface area contributed by atoms with Crippen LogP contribution in [0.1, 0.15) is 36.8 Å². The molecule has 0 aromatic heterocycles. The van der Waals surface area contributed by atoms with Crippen LogP contribution < -0.4 is 5.32 Å². The Morgan fingerprint density at radius 1 is 1.04 bits per heavy atom. The second-order valence-electron chi connectivity index (χ2n) is 6.30. The Hall–Kier alpha value is -2.01. The normalized spacial score (nSPS) is 16.6. The smallest absolute Gasteiger partial charge is 0.325 e. The maximum Gasteiger partial charge on any atom is 0.417 e. The van der Waals surface area contributed by atoms with Gasteiger partial charge in [0.05, 0.1) is 16.0 Å². The summed E-state index contributed by atoms with van der Waals surface area (Å²) in [6.07, 6.45) is -1.37. The van der Waals surface area contributed by atoms with E-state index < -0.39 is 17.2 Å². The number of carbonyl (C=O) groups is 1. The summed E-state index contributed by atoms with van der Waals surface area (Å²) in [5.74, 6) is -0.272. The summed E-state index contributed by atoms with van der Waals surface area (Å²) in [6.45, 7) is 0. The van der Waals surface area contributed by atoms with Crippen LogP contribution in [0, 0.1) is 0 Å². The molecule has 1 aliphatic rings. The van der Waals surface area contributed by atoms with E-state index in [-0.39, 0.29) is 16.6 Å². The van der Waals surface area contributed by atoms with Crippen molar-refractivity contribution < 1.29 is 18.0 Å². The standard InChI is InChI=1S/C19H17ClF3NO/c20-16-9-8-14(12-15(16)19(21,22)23)24-17(25)18(10-4-5-11-18)13-6-2-1-3-7-13/h1-3,6-9,12H,4-5,10-11H2,(H,24,25). The Labute approximate surface area is 149 Å². The average molecular weight is 368 g/mol. The van der Waals surface area contributed by atoms with Crippen molar-refractivity contribution in [2.45, 2.75) is 37.3 Å². The van der Waals surface area contributed by atoms with E-state index >= 15 is 0 Å². The Bertz CT molecular complexity index is 768. The minimum absolute atomic E-state index is 0.101. The lowest BCUT2D eigenvalue weighted by Crippen LogP contribution is -2.38. The number of hydrogen-bond donors (Lipinski definition) is 1. The molecular formula is C19H17ClF3NO. The number of hydrogen-bond acceptors (Lipinski definition) is 1. The number of nitrogens with one attached hydrogen (secondary N) is 1. The first-order chi connectivity index (χ1) is 11.8. The van der Waals surface area contributed by atoms with Gasteiger partial charge in [0.2, 0.25) is 5.91 Å². The first-order valence-electron chi connectivity index (χ1n) is 8.07. The first-order valence-corrected chi connectivity index (χ1v) is 8.44. The van der Waals surface area contributed by atoms with E-state index in [1.54, 1.807) is 0 Å². The van der Waals surface area contributed by atoms with Gasteiger partial charge in [0.15, 0.2) is 0 Å². The molecule has 0 atom stereocenters. The molecule has 1 saturated carbocycles. The molecule has 2 aromatic carbocycles. The van der Waals surface area contributed by atoms with Gasteiger partial charge in [0.1, 0.15) is 0 Å². The van der Waals surface area contributed by atoms with Crippen molar-refractivity contribution in [2.24, 2.45) is 0 Å². The summed E-state index contributed by atoms with van der Waals surface area (Å²) < 4.78 is 39.0. The zero-order valence-corrected chi connectivity index (χ0v) is 14.1. The van der Waals surface area contributed by atoms with Crippen LogP contribution in [0.2, 0.25) is 5.02 Å². The zero-order valence-electron chi connectivity index (χ0n) is 13.4. The SMILES string of the molecule is O=C(Nc1ccc(Cl)c(C(F)(F)F)c1)C1(c2ccccc2)CCCC1. The minimum Gasteiger partial charge on any atom is -0.325 e. The predicted octanol–water partition coefficient (Wildman–Crippen LogP) is 5.81. The topological polar surface area (TPSA) is 29.1 Å². The molecule has 6 heteroatoms. The summed E-state index contributed by atoms with van der Waals surface area (Å²) in [5.41, 5.74) is -0.648. The van der Waals surface area contributed by atoms with Crippen molar-refractivity contribution in [1.82, 2.24) is 0 Å². The second kappa shape index (κ2) is 6.71. The lowest BCUT2D eigenvalue weighted by atomic mass is 9.78. The lowest BCUT2D eigenvalue weighted by Gasteiger charge is -2.28. The number of anilines is 1. The molecule has 0 spiro atoms. The van der Waals surface area contributed by atoms with Crippen LogP contribution in [0.3, 0.4) is 0 Å². The van der Waals surface area contributed by atoms with Crippen molar-refractivity contribution in [2.75, 3.05) is 5.32 Å². The van der Waals surface area contributed by atoms with E-state index in [0.29, 0.717) is 12.8 Å². The summed E-state index contributed by atoms with van der Waals surface area (Å²) in [4.78, 5) is 13.0. The minimum atomic E-state index is -4.57. The highest BCUT2D eigenvalue weighted by Gasteiger charge is 2.42. The molecule has 3 rings (SSSR count). The van der Waals surface area contributed by atoms with Crippen LogP contribution in [0.15, 0.2) is 48.5 Å². The highest BCUT2D eigenvalue weighted by molar-refractivity contribution is 6.31. The summed E-state index contributed by atoms with van der Waals surface area (Å²) >= 11 is 5.64. The Balaban J connectivity index is 1.91. The molecule has 1 fully saturated rings. The van der Waals surface area contributed by atoms with Crippen molar-refractivity contribution in [3.63, 3.8) is 0 Å². The van der Waals surface area contributed by atoms with Gasteiger partial charge in [-0.25, -0.2) is 0 Å². The largest absolute Gasteiger partial charge is 0.417 e. The number of carbonyl (C=O) groups excluding carboxylic acids is 1. The molecule has 2 aromatic rings. The third-order valence-corrected chi connectivity index (χ3v) is 5.08. The van der Waals surface area contributed by atoms with Crippen LogP contribution >= 0.6 is 11.6 Å². The van der Waals surface area contributed by atoms with Crippen LogP contribution in [-0.2, 0) is 16.4 Å². The molecule has 0 radical (unpaired) electrons. The molecule has 0 unspecified atom stereocenters. The van der Waals surface area contributed by atoms with E-state index in [0.717, 1.165) is 30.5 Å². The van der Waals surface area contributed by atoms with Crippen molar-refractivity contribution in [3.05, 3.63) is 64.7 Å². The molecule has 0 aliphatic heterocycles. The number of alkyl halides is 3. The molecule has 1 amide bonds. The van der Waals surface area contributed by atoms with E-state index in [9.17, 15) is 18.0 Å². The first kappa shape index (κ1) is 17.8. The third kappa shape index (κ3) is 3.52. The molecule has 1 aliphatic carbocycles. The molecule has 1 N–H and O–H groups in total. The summed E-state index contributed by atoms with van der Waals surface area (Å²) in [7, 11) is 0. The summed E-state index contributed by atoms with van der Waals surface area (Å²) in [6, 6.07) is 12.8. The highest BCUT2D eigenvalue weighted by Crippen LogP contribution is 2.42. The molecule has 25 heavy (non-hydrogen) atoms. The number of amides is 1. The molecule has 2 nitrogen and oxygen atoms in total. The quantitative estimate of drug-likeness (QED) is 0.728. The number of halogens is 4. The van der Waals surface area contributed by atoms with Gasteiger partial charge >= 0.3 is 6.18 Å². The van der Waals surface area contributed by atoms with Gasteiger partial charge in [0.25, 0.3) is 0 Å². The van der Waals surface area contributed by atoms with E-state index in [1.165, 1.54) is 6.07 Å². The zero-order chi connectivity index (χ0) is 18.1. The summed E-state index contributed by atoms with van der Waals surface area (Å²) in [5, 5.41) is 2.28. The van der Waals surface area contributed by atoms with Crippen molar-refractivity contribution in [1.29, 1.82) is 0 Å². The Morgan fingerprint density at radius 3 is 2.28 bits per heavy atom. The number of rotatable bonds is 3. The van der Waals surface area contributed by atoms with Gasteiger partial charge in [-0.05, 0) is 36.6 Å². The Morgan fingerprint density at radius 2 is 1.68 bits per heavy atom. The van der Waals surface area contributed by atoms with Gasteiger partial charge in [-0.1, -0.05) is 54.8 Å². The predicted molar refractivity (Wildman–Crippen MR) is 91.7 cm³/mol. The fraction of sp³-hybridized carbons (Fsp3) is 0.316. The van der Waals surface area contributed by atoms with E-state index in [4.69, 9.17) is 11.6 Å². The molecule has 132 valence electrons. The third-order valence-electron chi connectivity index (χ3n) is 4.75.